The van der Waals surface area contributed by atoms with Gasteiger partial charge in [0.1, 0.15) is 5.60 Å². The molecule has 5 heteroatoms. The molecule has 0 saturated carbocycles. The average molecular weight is 296 g/mol. The van der Waals surface area contributed by atoms with Crippen LogP contribution in [0.4, 0.5) is 4.79 Å². The van der Waals surface area contributed by atoms with E-state index in [1.165, 1.54) is 0 Å². The van der Waals surface area contributed by atoms with E-state index in [1.807, 2.05) is 39.8 Å². The van der Waals surface area contributed by atoms with Crippen LogP contribution in [0, 0.1) is 11.8 Å². The summed E-state index contributed by atoms with van der Waals surface area (Å²) in [7, 11) is 1.72. The van der Waals surface area contributed by atoms with Gasteiger partial charge in [-0.3, -0.25) is 4.79 Å². The van der Waals surface area contributed by atoms with Gasteiger partial charge in [-0.05, 0) is 39.5 Å². The van der Waals surface area contributed by atoms with Crippen LogP contribution in [0.25, 0.3) is 0 Å². The highest BCUT2D eigenvalue weighted by Gasteiger charge is 2.22. The molecule has 0 aliphatic heterocycles. The number of hydrogen-bond acceptors (Lipinski definition) is 3. The minimum atomic E-state index is -0.488. The fourth-order valence-corrected chi connectivity index (χ4v) is 2.20. The normalized spacial score (nSPS) is 16.6. The maximum atomic E-state index is 11.9. The molecule has 21 heavy (non-hydrogen) atoms. The van der Waals surface area contributed by atoms with E-state index in [-0.39, 0.29) is 23.8 Å². The molecular weight excluding hydrogens is 268 g/mol. The third-order valence-corrected chi connectivity index (χ3v) is 3.29. The highest BCUT2D eigenvalue weighted by atomic mass is 16.6. The van der Waals surface area contributed by atoms with Gasteiger partial charge < -0.3 is 15.0 Å². The number of nitrogens with one attached hydrogen (secondary N) is 1. The molecule has 0 aromatic carbocycles. The van der Waals surface area contributed by atoms with Crippen molar-refractivity contribution in [3.05, 3.63) is 12.2 Å². The first-order chi connectivity index (χ1) is 9.69. The number of allylic oxidation sites excluding steroid dienone is 2. The molecule has 0 saturated heterocycles. The highest BCUT2D eigenvalue weighted by Crippen LogP contribution is 2.17. The highest BCUT2D eigenvalue weighted by molar-refractivity contribution is 5.79. The van der Waals surface area contributed by atoms with Crippen LogP contribution in [0.3, 0.4) is 0 Å². The third kappa shape index (κ3) is 6.65. The maximum Gasteiger partial charge on any atom is 0.410 e. The Morgan fingerprint density at radius 2 is 1.90 bits per heavy atom. The monoisotopic (exact) mass is 296 g/mol. The van der Waals surface area contributed by atoms with Gasteiger partial charge in [0, 0.05) is 26.1 Å². The fraction of sp³-hybridized carbons (Fsp3) is 0.750. The second-order valence-corrected chi connectivity index (χ2v) is 6.85. The van der Waals surface area contributed by atoms with Crippen LogP contribution in [0.1, 0.15) is 40.5 Å². The largest absolute Gasteiger partial charge is 0.444 e. The Bertz CT molecular complexity index is 391. The number of hydrogen-bond donors (Lipinski definition) is 1. The van der Waals surface area contributed by atoms with Gasteiger partial charge >= 0.3 is 6.09 Å². The molecule has 5 nitrogen and oxygen atoms in total. The summed E-state index contributed by atoms with van der Waals surface area (Å²) in [6.07, 6.45) is 5.42. The van der Waals surface area contributed by atoms with Gasteiger partial charge in [-0.2, -0.15) is 0 Å². The zero-order valence-corrected chi connectivity index (χ0v) is 13.8. The Morgan fingerprint density at radius 3 is 2.43 bits per heavy atom. The molecule has 1 aliphatic carbocycles. The Kier molecular flexibility index (Phi) is 6.24. The average Bonchev–Trinajstić information content (AvgIpc) is 2.87. The Balaban J connectivity index is 2.27. The summed E-state index contributed by atoms with van der Waals surface area (Å²) in [5.74, 6) is 0.369. The summed E-state index contributed by atoms with van der Waals surface area (Å²) in [5.41, 5.74) is -0.488. The standard InChI is InChI=1S/C16H28N2O3/c1-12(10-17-14(19)13-8-6-7-9-13)11-18(5)15(20)21-16(2,3)4/h6-7,12-13H,8-11H2,1-5H3,(H,17,19)/t12-/m1/s1. The second kappa shape index (κ2) is 7.48. The maximum absolute atomic E-state index is 11.9. The number of rotatable bonds is 5. The van der Waals surface area contributed by atoms with Gasteiger partial charge in [-0.1, -0.05) is 19.1 Å². The molecular formula is C16H28N2O3. The smallest absolute Gasteiger partial charge is 0.410 e. The van der Waals surface area contributed by atoms with Crippen molar-refractivity contribution in [2.75, 3.05) is 20.1 Å². The molecule has 0 bridgehead atoms. The topological polar surface area (TPSA) is 58.6 Å². The van der Waals surface area contributed by atoms with Crippen molar-refractivity contribution in [2.45, 2.75) is 46.1 Å². The van der Waals surface area contributed by atoms with Crippen molar-refractivity contribution in [1.82, 2.24) is 10.2 Å². The van der Waals surface area contributed by atoms with Gasteiger partial charge in [-0.15, -0.1) is 0 Å². The number of nitrogens with zero attached hydrogens (tertiary/aromatic N) is 1. The van der Waals surface area contributed by atoms with E-state index in [1.54, 1.807) is 11.9 Å². The van der Waals surface area contributed by atoms with Crippen LogP contribution in [0.5, 0.6) is 0 Å². The summed E-state index contributed by atoms with van der Waals surface area (Å²) in [6, 6.07) is 0. The number of ether oxygens (including phenoxy) is 1. The predicted octanol–water partition coefficient (Wildman–Crippen LogP) is 2.57. The molecule has 2 amide bonds. The molecule has 0 aromatic heterocycles. The van der Waals surface area contributed by atoms with E-state index in [9.17, 15) is 9.59 Å². The zero-order chi connectivity index (χ0) is 16.0. The first-order valence-electron chi connectivity index (χ1n) is 7.56. The summed E-state index contributed by atoms with van der Waals surface area (Å²) in [5, 5.41) is 2.96. The number of amides is 2. The molecule has 0 aromatic rings. The lowest BCUT2D eigenvalue weighted by atomic mass is 10.1. The molecule has 1 aliphatic rings. The summed E-state index contributed by atoms with van der Waals surface area (Å²) in [4.78, 5) is 25.3. The molecule has 0 unspecified atom stereocenters. The predicted molar refractivity (Wildman–Crippen MR) is 82.9 cm³/mol. The molecule has 0 spiro atoms. The SMILES string of the molecule is C[C@H](CNC(=O)C1CC=CC1)CN(C)C(=O)OC(C)(C)C. The lowest BCUT2D eigenvalue weighted by Crippen LogP contribution is -2.40. The van der Waals surface area contributed by atoms with Crippen molar-refractivity contribution < 1.29 is 14.3 Å². The summed E-state index contributed by atoms with van der Waals surface area (Å²) in [6.45, 7) is 8.67. The Labute approximate surface area is 127 Å². The van der Waals surface area contributed by atoms with Gasteiger partial charge in [0.25, 0.3) is 0 Å². The van der Waals surface area contributed by atoms with Crippen LogP contribution in [0.2, 0.25) is 0 Å². The van der Waals surface area contributed by atoms with Crippen LogP contribution in [-0.2, 0) is 9.53 Å². The molecule has 1 atom stereocenters. The van der Waals surface area contributed by atoms with E-state index in [2.05, 4.69) is 5.32 Å². The van der Waals surface area contributed by atoms with Crippen molar-refractivity contribution in [2.24, 2.45) is 11.8 Å². The molecule has 0 fully saturated rings. The van der Waals surface area contributed by atoms with Gasteiger partial charge in [0.2, 0.25) is 5.91 Å². The van der Waals surface area contributed by atoms with Crippen LogP contribution in [-0.4, -0.2) is 42.6 Å². The molecule has 120 valence electrons. The quantitative estimate of drug-likeness (QED) is 0.793. The van der Waals surface area contributed by atoms with E-state index in [0.717, 1.165) is 12.8 Å². The second-order valence-electron chi connectivity index (χ2n) is 6.85. The van der Waals surface area contributed by atoms with Crippen LogP contribution in [0.15, 0.2) is 12.2 Å². The van der Waals surface area contributed by atoms with E-state index >= 15 is 0 Å². The number of carbonyl (C=O) groups excluding carboxylic acids is 2. The van der Waals surface area contributed by atoms with Crippen molar-refractivity contribution in [3.63, 3.8) is 0 Å². The fourth-order valence-electron chi connectivity index (χ4n) is 2.20. The van der Waals surface area contributed by atoms with E-state index in [4.69, 9.17) is 4.74 Å². The Morgan fingerprint density at radius 1 is 1.33 bits per heavy atom. The van der Waals surface area contributed by atoms with E-state index in [0.29, 0.717) is 13.1 Å². The van der Waals surface area contributed by atoms with Crippen LogP contribution >= 0.6 is 0 Å². The first-order valence-corrected chi connectivity index (χ1v) is 7.56. The van der Waals surface area contributed by atoms with Gasteiger partial charge in [0.05, 0.1) is 0 Å². The minimum absolute atomic E-state index is 0.0841. The lowest BCUT2D eigenvalue weighted by molar-refractivity contribution is -0.124. The van der Waals surface area contributed by atoms with Crippen molar-refractivity contribution >= 4 is 12.0 Å². The van der Waals surface area contributed by atoms with Gasteiger partial charge in [-0.25, -0.2) is 4.79 Å². The van der Waals surface area contributed by atoms with Crippen LogP contribution < -0.4 is 5.32 Å². The zero-order valence-electron chi connectivity index (χ0n) is 13.8. The summed E-state index contributed by atoms with van der Waals surface area (Å²) < 4.78 is 5.30. The van der Waals surface area contributed by atoms with Crippen molar-refractivity contribution in [3.8, 4) is 0 Å². The first kappa shape index (κ1) is 17.5. The summed E-state index contributed by atoms with van der Waals surface area (Å²) >= 11 is 0. The third-order valence-electron chi connectivity index (χ3n) is 3.29. The molecule has 0 heterocycles. The lowest BCUT2D eigenvalue weighted by Gasteiger charge is -2.26. The number of carbonyl (C=O) groups is 2. The molecule has 1 rings (SSSR count). The minimum Gasteiger partial charge on any atom is -0.444 e. The van der Waals surface area contributed by atoms with Crippen molar-refractivity contribution in [1.29, 1.82) is 0 Å². The van der Waals surface area contributed by atoms with E-state index < -0.39 is 5.60 Å². The Hall–Kier alpha value is -1.52. The molecule has 1 N–H and O–H groups in total. The molecule has 0 radical (unpaired) electrons. The van der Waals surface area contributed by atoms with Gasteiger partial charge in [0.15, 0.2) is 0 Å².